The Labute approximate surface area is 178 Å². The normalized spacial score (nSPS) is 15.1. The lowest BCUT2D eigenvalue weighted by Gasteiger charge is -2.35. The highest BCUT2D eigenvalue weighted by molar-refractivity contribution is 5.91. The number of anilines is 1. The number of nitrogens with zero attached hydrogens (tertiary/aromatic N) is 7. The summed E-state index contributed by atoms with van der Waals surface area (Å²) in [7, 11) is 0. The summed E-state index contributed by atoms with van der Waals surface area (Å²) in [5.74, 6) is 1.94. The number of alkyl halides is 2. The molecule has 0 N–H and O–H groups in total. The minimum absolute atomic E-state index is 0.385. The van der Waals surface area contributed by atoms with Gasteiger partial charge in [0.05, 0.1) is 12.1 Å². The van der Waals surface area contributed by atoms with Crippen LogP contribution in [0.4, 0.5) is 14.6 Å². The van der Waals surface area contributed by atoms with Gasteiger partial charge in [0.1, 0.15) is 11.6 Å². The van der Waals surface area contributed by atoms with Crippen LogP contribution < -0.4 is 4.90 Å². The topological polar surface area (TPSA) is 63.0 Å². The van der Waals surface area contributed by atoms with Crippen molar-refractivity contribution >= 4 is 16.7 Å². The molecule has 4 heterocycles. The first-order chi connectivity index (χ1) is 15.2. The van der Waals surface area contributed by atoms with Crippen molar-refractivity contribution in [1.29, 1.82) is 0 Å². The van der Waals surface area contributed by atoms with E-state index in [2.05, 4.69) is 19.8 Å². The van der Waals surface area contributed by atoms with E-state index in [-0.39, 0.29) is 0 Å². The van der Waals surface area contributed by atoms with Gasteiger partial charge in [0.25, 0.3) is 0 Å². The minimum Gasteiger partial charge on any atom is -0.353 e. The summed E-state index contributed by atoms with van der Waals surface area (Å²) in [6.45, 7) is 0.784. The van der Waals surface area contributed by atoms with E-state index in [4.69, 9.17) is 9.97 Å². The minimum atomic E-state index is -2.57. The molecule has 3 aromatic heterocycles. The van der Waals surface area contributed by atoms with E-state index in [0.29, 0.717) is 18.2 Å². The molecule has 4 aromatic rings. The highest BCUT2D eigenvalue weighted by Crippen LogP contribution is 2.28. The Morgan fingerprint density at radius 3 is 2.45 bits per heavy atom. The molecule has 0 aliphatic carbocycles. The molecule has 1 aliphatic rings. The van der Waals surface area contributed by atoms with Crippen LogP contribution >= 0.6 is 0 Å². The Balaban J connectivity index is 1.38. The molecule has 5 rings (SSSR count). The van der Waals surface area contributed by atoms with Crippen molar-refractivity contribution in [3.63, 3.8) is 0 Å². The van der Waals surface area contributed by atoms with Crippen molar-refractivity contribution in [3.05, 3.63) is 67.0 Å². The van der Waals surface area contributed by atoms with Gasteiger partial charge in [-0.2, -0.15) is 8.78 Å². The second-order valence-corrected chi connectivity index (χ2v) is 7.42. The molecular formula is C22H21F2N7. The predicted molar refractivity (Wildman–Crippen MR) is 114 cm³/mol. The van der Waals surface area contributed by atoms with Crippen LogP contribution in [0.5, 0.6) is 0 Å². The number of fused-ring (bicyclic) bond motifs is 1. The Bertz CT molecular complexity index is 1170. The number of halogens is 2. The third-order valence-corrected chi connectivity index (χ3v) is 5.52. The number of piperazine rings is 1. The second-order valence-electron chi connectivity index (χ2n) is 7.42. The number of aromatic nitrogens is 5. The molecule has 0 amide bonds. The van der Waals surface area contributed by atoms with Gasteiger partial charge in [-0.15, -0.1) is 0 Å². The Hall–Kier alpha value is -3.46. The quantitative estimate of drug-likeness (QED) is 0.491. The van der Waals surface area contributed by atoms with E-state index in [9.17, 15) is 8.78 Å². The Morgan fingerprint density at radius 2 is 1.68 bits per heavy atom. The average Bonchev–Trinajstić information content (AvgIpc) is 3.28. The lowest BCUT2D eigenvalue weighted by molar-refractivity contribution is 0.0637. The van der Waals surface area contributed by atoms with Crippen LogP contribution in [0.2, 0.25) is 0 Å². The number of pyridine rings is 1. The second kappa shape index (κ2) is 8.35. The zero-order valence-electron chi connectivity index (χ0n) is 16.8. The first kappa shape index (κ1) is 19.5. The molecule has 1 aliphatic heterocycles. The van der Waals surface area contributed by atoms with Crippen LogP contribution in [-0.2, 0) is 6.54 Å². The van der Waals surface area contributed by atoms with Crippen LogP contribution in [0.25, 0.3) is 22.3 Å². The van der Waals surface area contributed by atoms with Gasteiger partial charge >= 0.3 is 6.55 Å². The fourth-order valence-electron chi connectivity index (χ4n) is 3.89. The van der Waals surface area contributed by atoms with Gasteiger partial charge in [-0.25, -0.2) is 15.0 Å². The van der Waals surface area contributed by atoms with Crippen molar-refractivity contribution in [1.82, 2.24) is 29.4 Å². The molecular weight excluding hydrogens is 400 g/mol. The zero-order valence-corrected chi connectivity index (χ0v) is 16.8. The standard InChI is InChI=1S/C22H21F2N7/c23-22(24)31-10-9-26-19(31)15-29-11-13-30(14-12-29)21-17-3-1-2-4-18(17)27-20(28-21)16-5-7-25-8-6-16/h1-10,22H,11-15H2. The molecule has 1 saturated heterocycles. The largest absolute Gasteiger partial charge is 0.353 e. The molecule has 0 radical (unpaired) electrons. The van der Waals surface area contributed by atoms with Gasteiger partial charge in [-0.1, -0.05) is 12.1 Å². The summed E-state index contributed by atoms with van der Waals surface area (Å²) < 4.78 is 27.1. The summed E-state index contributed by atoms with van der Waals surface area (Å²) in [5.41, 5.74) is 1.81. The van der Waals surface area contributed by atoms with Crippen molar-refractivity contribution < 1.29 is 8.78 Å². The Morgan fingerprint density at radius 1 is 0.903 bits per heavy atom. The number of para-hydroxylation sites is 1. The molecule has 1 aromatic carbocycles. The highest BCUT2D eigenvalue weighted by atomic mass is 19.3. The fourth-order valence-corrected chi connectivity index (χ4v) is 3.89. The van der Waals surface area contributed by atoms with Gasteiger partial charge in [-0.05, 0) is 24.3 Å². The van der Waals surface area contributed by atoms with Crippen molar-refractivity contribution in [3.8, 4) is 11.4 Å². The van der Waals surface area contributed by atoms with Gasteiger partial charge in [0, 0.05) is 61.9 Å². The first-order valence-corrected chi connectivity index (χ1v) is 10.1. The summed E-state index contributed by atoms with van der Waals surface area (Å²) in [5, 5.41) is 1.00. The SMILES string of the molecule is FC(F)n1ccnc1CN1CCN(c2nc(-c3ccncc3)nc3ccccc23)CC1. The first-order valence-electron chi connectivity index (χ1n) is 10.1. The molecule has 0 atom stereocenters. The van der Waals surface area contributed by atoms with E-state index in [0.717, 1.165) is 53.0 Å². The maximum Gasteiger partial charge on any atom is 0.319 e. The monoisotopic (exact) mass is 421 g/mol. The molecule has 0 spiro atoms. The molecule has 7 nitrogen and oxygen atoms in total. The van der Waals surface area contributed by atoms with Crippen LogP contribution in [0.1, 0.15) is 12.4 Å². The highest BCUT2D eigenvalue weighted by Gasteiger charge is 2.23. The zero-order chi connectivity index (χ0) is 21.2. The van der Waals surface area contributed by atoms with Crippen molar-refractivity contribution in [2.75, 3.05) is 31.1 Å². The number of benzene rings is 1. The fraction of sp³-hybridized carbons (Fsp3) is 0.273. The van der Waals surface area contributed by atoms with Crippen LogP contribution in [0.15, 0.2) is 61.2 Å². The third-order valence-electron chi connectivity index (χ3n) is 5.52. The van der Waals surface area contributed by atoms with E-state index < -0.39 is 6.55 Å². The van der Waals surface area contributed by atoms with E-state index in [1.54, 1.807) is 12.4 Å². The number of rotatable bonds is 5. The summed E-state index contributed by atoms with van der Waals surface area (Å²) in [6.07, 6.45) is 6.21. The predicted octanol–water partition coefficient (Wildman–Crippen LogP) is 3.61. The van der Waals surface area contributed by atoms with E-state index in [1.807, 2.05) is 36.4 Å². The molecule has 0 unspecified atom stereocenters. The lowest BCUT2D eigenvalue weighted by atomic mass is 10.2. The summed E-state index contributed by atoms with van der Waals surface area (Å²) >= 11 is 0. The molecule has 0 saturated carbocycles. The van der Waals surface area contributed by atoms with Crippen LogP contribution in [0.3, 0.4) is 0 Å². The van der Waals surface area contributed by atoms with E-state index in [1.165, 1.54) is 12.4 Å². The molecule has 31 heavy (non-hydrogen) atoms. The number of imidazole rings is 1. The number of hydrogen-bond acceptors (Lipinski definition) is 6. The summed E-state index contributed by atoms with van der Waals surface area (Å²) in [6, 6.07) is 11.8. The van der Waals surface area contributed by atoms with Crippen LogP contribution in [0, 0.1) is 0 Å². The molecule has 1 fully saturated rings. The lowest BCUT2D eigenvalue weighted by Crippen LogP contribution is -2.46. The van der Waals surface area contributed by atoms with Crippen molar-refractivity contribution in [2.24, 2.45) is 0 Å². The summed E-state index contributed by atoms with van der Waals surface area (Å²) in [4.78, 5) is 22.2. The maximum atomic E-state index is 13.1. The Kier molecular flexibility index (Phi) is 5.25. The molecule has 158 valence electrons. The van der Waals surface area contributed by atoms with E-state index >= 15 is 0 Å². The van der Waals surface area contributed by atoms with Crippen LogP contribution in [-0.4, -0.2) is 55.6 Å². The number of hydrogen-bond donors (Lipinski definition) is 0. The average molecular weight is 421 g/mol. The smallest absolute Gasteiger partial charge is 0.319 e. The molecule has 0 bridgehead atoms. The third kappa shape index (κ3) is 3.96. The van der Waals surface area contributed by atoms with Crippen molar-refractivity contribution in [2.45, 2.75) is 13.1 Å². The van der Waals surface area contributed by atoms with Gasteiger partial charge in [-0.3, -0.25) is 14.5 Å². The maximum absolute atomic E-state index is 13.1. The van der Waals surface area contributed by atoms with Gasteiger partial charge in [0.15, 0.2) is 5.82 Å². The van der Waals surface area contributed by atoms with Gasteiger partial charge < -0.3 is 4.90 Å². The molecule has 9 heteroatoms. The van der Waals surface area contributed by atoms with Gasteiger partial charge in [0.2, 0.25) is 0 Å².